The van der Waals surface area contributed by atoms with Crippen LogP contribution in [-0.2, 0) is 14.0 Å². The number of benzene rings is 1. The summed E-state index contributed by atoms with van der Waals surface area (Å²) in [5, 5.41) is 9.05. The zero-order valence-corrected chi connectivity index (χ0v) is 18.3. The summed E-state index contributed by atoms with van der Waals surface area (Å²) in [4.78, 5) is 11.1. The third-order valence-electron chi connectivity index (χ3n) is 4.30. The van der Waals surface area contributed by atoms with Crippen molar-refractivity contribution in [1.82, 2.24) is 0 Å². The average molecular weight is 403 g/mol. The van der Waals surface area contributed by atoms with Gasteiger partial charge in [0.15, 0.2) is 6.61 Å². The first-order valence-corrected chi connectivity index (χ1v) is 7.52. The average Bonchev–Trinajstić information content (AvgIpc) is 2.61. The van der Waals surface area contributed by atoms with E-state index in [1.165, 1.54) is 24.3 Å². The van der Waals surface area contributed by atoms with Crippen molar-refractivity contribution in [3.05, 3.63) is 24.3 Å². The molecule has 1 fully saturated rings. The van der Waals surface area contributed by atoms with E-state index < -0.39 is 36.9 Å². The Bertz CT molecular complexity index is 638. The van der Waals surface area contributed by atoms with Gasteiger partial charge < -0.3 is 25.2 Å². The molecule has 0 aliphatic carbocycles. The van der Waals surface area contributed by atoms with Crippen LogP contribution in [0.4, 0.5) is 18.0 Å². The van der Waals surface area contributed by atoms with Crippen LogP contribution in [0.25, 0.3) is 0 Å². The molecule has 6 nitrogen and oxygen atoms in total. The molecule has 26 heavy (non-hydrogen) atoms. The molecule has 1 aliphatic heterocycles. The van der Waals surface area contributed by atoms with E-state index in [0.29, 0.717) is 0 Å². The topological polar surface area (TPSA) is 74.2 Å². The van der Waals surface area contributed by atoms with Crippen molar-refractivity contribution in [3.8, 4) is 5.75 Å². The Kier molecular flexibility index (Phi) is 7.29. The van der Waals surface area contributed by atoms with Crippen molar-refractivity contribution < 1.29 is 94.6 Å². The van der Waals surface area contributed by atoms with Gasteiger partial charge in [0.1, 0.15) is 5.75 Å². The SMILES string of the molecule is CC1(C)O[B-](OC(=O)O)(c2ccc(OCC(F)(F)F)cc2)OC1(C)C.[H-].[K+]. The largest absolute Gasteiger partial charge is 1.00 e. The van der Waals surface area contributed by atoms with E-state index in [1.54, 1.807) is 27.7 Å². The van der Waals surface area contributed by atoms with Crippen LogP contribution >= 0.6 is 0 Å². The fraction of sp³-hybridized carbons (Fsp3) is 0.533. The Hall–Kier alpha value is -0.299. The van der Waals surface area contributed by atoms with Gasteiger partial charge in [-0.15, -0.1) is 5.46 Å². The molecule has 0 atom stereocenters. The third kappa shape index (κ3) is 5.37. The maximum absolute atomic E-state index is 12.2. The number of hydrogen-bond donors (Lipinski definition) is 1. The van der Waals surface area contributed by atoms with Crippen molar-refractivity contribution in [2.24, 2.45) is 0 Å². The summed E-state index contributed by atoms with van der Waals surface area (Å²) in [6, 6.07) is 5.24. The molecular formula is C15H20BF3KO6-. The molecule has 1 heterocycles. The predicted octanol–water partition coefficient (Wildman–Crippen LogP) is 0.189. The molecular weight excluding hydrogens is 383 g/mol. The van der Waals surface area contributed by atoms with E-state index in [0.717, 1.165) is 0 Å². The van der Waals surface area contributed by atoms with Gasteiger partial charge in [-0.2, -0.15) is 13.2 Å². The minimum Gasteiger partial charge on any atom is -1.00 e. The van der Waals surface area contributed by atoms with E-state index >= 15 is 0 Å². The standard InChI is InChI=1S/C15H19BF3O6.K.H/c1-13(2)14(3,4)25-16(24-13,23-12(20)21)10-5-7-11(8-6-10)22-9-15(17,18)19;;/h5-8H,9H2,1-4H3,(H,20,21);;/q-1;+1;-1. The molecule has 0 aromatic heterocycles. The summed E-state index contributed by atoms with van der Waals surface area (Å²) in [6.45, 7) is 2.64. The van der Waals surface area contributed by atoms with Gasteiger partial charge in [0, 0.05) is 11.2 Å². The summed E-state index contributed by atoms with van der Waals surface area (Å²) in [5.41, 5.74) is -1.50. The maximum Gasteiger partial charge on any atom is 1.00 e. The second-order valence-corrected chi connectivity index (χ2v) is 6.76. The molecule has 142 valence electrons. The molecule has 1 aliphatic rings. The second-order valence-electron chi connectivity index (χ2n) is 6.76. The van der Waals surface area contributed by atoms with E-state index in [1.807, 2.05) is 0 Å². The number of halogens is 3. The fourth-order valence-corrected chi connectivity index (χ4v) is 2.43. The van der Waals surface area contributed by atoms with E-state index in [9.17, 15) is 18.0 Å². The molecule has 1 saturated heterocycles. The predicted molar refractivity (Wildman–Crippen MR) is 83.9 cm³/mol. The zero-order valence-electron chi connectivity index (χ0n) is 16.2. The van der Waals surface area contributed by atoms with Crippen molar-refractivity contribution in [2.75, 3.05) is 6.61 Å². The Labute approximate surface area is 193 Å². The normalized spacial score (nSPS) is 20.1. The molecule has 11 heteroatoms. The number of ether oxygens (including phenoxy) is 1. The summed E-state index contributed by atoms with van der Waals surface area (Å²) in [6.07, 6.45) is -6.05. The first-order valence-electron chi connectivity index (χ1n) is 7.52. The first kappa shape index (κ1) is 23.7. The number of alkyl halides is 3. The number of hydrogen-bond acceptors (Lipinski definition) is 5. The monoisotopic (exact) mass is 403 g/mol. The fourth-order valence-electron chi connectivity index (χ4n) is 2.43. The number of carboxylic acid groups (broad SMARTS) is 1. The number of carbonyl (C=O) groups is 1. The molecule has 0 radical (unpaired) electrons. The molecule has 1 N–H and O–H groups in total. The summed E-state index contributed by atoms with van der Waals surface area (Å²) >= 11 is 0. The van der Waals surface area contributed by atoms with Crippen molar-refractivity contribution in [2.45, 2.75) is 45.1 Å². The van der Waals surface area contributed by atoms with Gasteiger partial charge in [-0.1, -0.05) is 12.1 Å². The van der Waals surface area contributed by atoms with Gasteiger partial charge in [-0.25, -0.2) is 4.79 Å². The van der Waals surface area contributed by atoms with Gasteiger partial charge in [-0.05, 0) is 39.8 Å². The zero-order chi connectivity index (χ0) is 19.1. The molecule has 1 aromatic rings. The summed E-state index contributed by atoms with van der Waals surface area (Å²) in [5.74, 6) is -0.0288. The summed E-state index contributed by atoms with van der Waals surface area (Å²) < 4.78 is 57.8. The number of rotatable bonds is 4. The van der Waals surface area contributed by atoms with Gasteiger partial charge in [0.05, 0.1) is 0 Å². The summed E-state index contributed by atoms with van der Waals surface area (Å²) in [7, 11) is 0. The molecule has 0 amide bonds. The Morgan fingerprint density at radius 3 is 2.00 bits per heavy atom. The van der Waals surface area contributed by atoms with Crippen molar-refractivity contribution in [3.63, 3.8) is 0 Å². The smallest absolute Gasteiger partial charge is 1.00 e. The van der Waals surface area contributed by atoms with Crippen LogP contribution in [0.2, 0.25) is 0 Å². The molecule has 1 aromatic carbocycles. The van der Waals surface area contributed by atoms with E-state index in [-0.39, 0.29) is 64.0 Å². The van der Waals surface area contributed by atoms with Crippen LogP contribution in [0.5, 0.6) is 5.75 Å². The Morgan fingerprint density at radius 1 is 1.15 bits per heavy atom. The van der Waals surface area contributed by atoms with Crippen LogP contribution in [0, 0.1) is 0 Å². The first-order chi connectivity index (χ1) is 11.3. The third-order valence-corrected chi connectivity index (χ3v) is 4.30. The second kappa shape index (κ2) is 7.98. The van der Waals surface area contributed by atoms with Crippen LogP contribution in [-0.4, -0.2) is 42.0 Å². The van der Waals surface area contributed by atoms with E-state index in [4.69, 9.17) is 19.1 Å². The maximum atomic E-state index is 12.2. The van der Waals surface area contributed by atoms with Crippen LogP contribution in [0.1, 0.15) is 29.1 Å². The van der Waals surface area contributed by atoms with Gasteiger partial charge in [0.25, 0.3) is 0 Å². The van der Waals surface area contributed by atoms with Crippen molar-refractivity contribution in [1.29, 1.82) is 0 Å². The van der Waals surface area contributed by atoms with Gasteiger partial charge in [0.2, 0.25) is 0 Å². The molecule has 0 bridgehead atoms. The minimum atomic E-state index is -4.46. The van der Waals surface area contributed by atoms with Crippen LogP contribution in [0.15, 0.2) is 24.3 Å². The Balaban J connectivity index is 0.00000338. The van der Waals surface area contributed by atoms with Crippen molar-refractivity contribution >= 4 is 18.4 Å². The minimum absolute atomic E-state index is 0. The molecule has 0 saturated carbocycles. The van der Waals surface area contributed by atoms with Gasteiger partial charge >= 0.3 is 70.5 Å². The molecule has 2 rings (SSSR count). The van der Waals surface area contributed by atoms with Crippen LogP contribution in [0.3, 0.4) is 0 Å². The van der Waals surface area contributed by atoms with Gasteiger partial charge in [-0.3, -0.25) is 0 Å². The van der Waals surface area contributed by atoms with Crippen LogP contribution < -0.4 is 61.6 Å². The quantitative estimate of drug-likeness (QED) is 0.724. The Morgan fingerprint density at radius 2 is 1.62 bits per heavy atom. The molecule has 0 spiro atoms. The van der Waals surface area contributed by atoms with E-state index in [2.05, 4.69) is 4.74 Å². The molecule has 0 unspecified atom stereocenters.